The van der Waals surface area contributed by atoms with Gasteiger partial charge in [-0.1, -0.05) is 6.92 Å². The number of ether oxygens (including phenoxy) is 1. The van der Waals surface area contributed by atoms with E-state index in [1.165, 1.54) is 11.3 Å². The molecular weight excluding hydrogens is 244 g/mol. The highest BCUT2D eigenvalue weighted by molar-refractivity contribution is 7.98. The van der Waals surface area contributed by atoms with Gasteiger partial charge in [0, 0.05) is 25.8 Å². The van der Waals surface area contributed by atoms with Gasteiger partial charge in [0.05, 0.1) is 5.38 Å². The zero-order valence-corrected chi connectivity index (χ0v) is 11.4. The molecule has 1 rings (SSSR count). The summed E-state index contributed by atoms with van der Waals surface area (Å²) >= 11 is 3.28. The maximum Gasteiger partial charge on any atom is 0.312 e. The second kappa shape index (κ2) is 6.75. The third kappa shape index (κ3) is 4.02. The Kier molecular flexibility index (Phi) is 5.62. The van der Waals surface area contributed by atoms with Gasteiger partial charge in [-0.2, -0.15) is 16.7 Å². The predicted molar refractivity (Wildman–Crippen MR) is 69.7 cm³/mol. The van der Waals surface area contributed by atoms with Gasteiger partial charge >= 0.3 is 5.97 Å². The number of carbonyl (C=O) groups is 1. The molecule has 0 bridgehead atoms. The van der Waals surface area contributed by atoms with Crippen LogP contribution in [0.2, 0.25) is 0 Å². The van der Waals surface area contributed by atoms with E-state index in [0.717, 1.165) is 17.4 Å². The molecule has 0 atom stereocenters. The summed E-state index contributed by atoms with van der Waals surface area (Å²) in [6, 6.07) is 0. The van der Waals surface area contributed by atoms with Crippen molar-refractivity contribution in [2.75, 3.05) is 30.5 Å². The van der Waals surface area contributed by atoms with Gasteiger partial charge < -0.3 is 9.64 Å². The average molecular weight is 260 g/mol. The molecule has 0 amide bonds. The Labute approximate surface area is 104 Å². The quantitative estimate of drug-likeness (QED) is 0.734. The number of rotatable bonds is 6. The summed E-state index contributed by atoms with van der Waals surface area (Å²) in [5.74, 6) is 1.21. The molecule has 0 radical (unpaired) electrons. The van der Waals surface area contributed by atoms with Crippen molar-refractivity contribution in [2.24, 2.45) is 0 Å². The van der Waals surface area contributed by atoms with Crippen LogP contribution in [-0.4, -0.2) is 36.6 Å². The molecule has 0 spiro atoms. The average Bonchev–Trinajstić information content (AvgIpc) is 2.74. The molecule has 1 aromatic rings. The van der Waals surface area contributed by atoms with Gasteiger partial charge in [0.25, 0.3) is 0 Å². The minimum Gasteiger partial charge on any atom is -0.406 e. The Hall–Kier alpha value is -0.750. The van der Waals surface area contributed by atoms with Crippen LogP contribution in [0.15, 0.2) is 5.38 Å². The molecule has 0 unspecified atom stereocenters. The molecule has 16 heavy (non-hydrogen) atoms. The standard InChI is InChI=1S/C10H16N2O2S2/c1-4-9(13)14-8-7-16-10(11-8)12(2)5-6-15-3/h7H,4-6H2,1-3H3. The van der Waals surface area contributed by atoms with Gasteiger partial charge in [0.15, 0.2) is 5.13 Å². The number of carbonyl (C=O) groups excluding carboxylic acids is 1. The van der Waals surface area contributed by atoms with E-state index in [2.05, 4.69) is 16.1 Å². The minimum atomic E-state index is -0.247. The number of thiazole rings is 1. The molecule has 4 nitrogen and oxygen atoms in total. The predicted octanol–water partition coefficient (Wildman–Crippen LogP) is 2.26. The monoisotopic (exact) mass is 260 g/mol. The number of hydrogen-bond donors (Lipinski definition) is 0. The Morgan fingerprint density at radius 2 is 2.44 bits per heavy atom. The van der Waals surface area contributed by atoms with Crippen LogP contribution in [-0.2, 0) is 4.79 Å². The Morgan fingerprint density at radius 3 is 3.06 bits per heavy atom. The number of thioether (sulfide) groups is 1. The fourth-order valence-electron chi connectivity index (χ4n) is 0.985. The van der Waals surface area contributed by atoms with Crippen LogP contribution in [0.5, 0.6) is 5.88 Å². The van der Waals surface area contributed by atoms with Crippen LogP contribution in [0.1, 0.15) is 13.3 Å². The first kappa shape index (κ1) is 13.3. The zero-order valence-electron chi connectivity index (χ0n) is 9.73. The second-order valence-corrected chi connectivity index (χ2v) is 5.03. The number of hydrogen-bond acceptors (Lipinski definition) is 6. The summed E-state index contributed by atoms with van der Waals surface area (Å²) in [6.45, 7) is 2.70. The molecule has 0 saturated heterocycles. The molecule has 0 aromatic carbocycles. The number of anilines is 1. The van der Waals surface area contributed by atoms with E-state index in [4.69, 9.17) is 4.74 Å². The van der Waals surface area contributed by atoms with Crippen LogP contribution in [0.4, 0.5) is 5.13 Å². The topological polar surface area (TPSA) is 42.4 Å². The van der Waals surface area contributed by atoms with Crippen molar-refractivity contribution >= 4 is 34.2 Å². The van der Waals surface area contributed by atoms with Crippen molar-refractivity contribution in [3.63, 3.8) is 0 Å². The highest BCUT2D eigenvalue weighted by atomic mass is 32.2. The third-order valence-electron chi connectivity index (χ3n) is 1.94. The van der Waals surface area contributed by atoms with Crippen molar-refractivity contribution in [2.45, 2.75) is 13.3 Å². The summed E-state index contributed by atoms with van der Waals surface area (Å²) in [4.78, 5) is 17.4. The van der Waals surface area contributed by atoms with Gasteiger partial charge in [-0.25, -0.2) is 0 Å². The lowest BCUT2D eigenvalue weighted by molar-refractivity contribution is -0.134. The molecule has 1 aromatic heterocycles. The fraction of sp³-hybridized carbons (Fsp3) is 0.600. The molecular formula is C10H16N2O2S2. The van der Waals surface area contributed by atoms with E-state index in [1.807, 2.05) is 7.05 Å². The van der Waals surface area contributed by atoms with Crippen molar-refractivity contribution in [1.82, 2.24) is 4.98 Å². The van der Waals surface area contributed by atoms with Crippen molar-refractivity contribution in [3.05, 3.63) is 5.38 Å². The van der Waals surface area contributed by atoms with Gasteiger partial charge in [0.1, 0.15) is 0 Å². The van der Waals surface area contributed by atoms with Gasteiger partial charge in [-0.3, -0.25) is 4.79 Å². The fourth-order valence-corrected chi connectivity index (χ4v) is 2.16. The molecule has 0 saturated carbocycles. The lowest BCUT2D eigenvalue weighted by Crippen LogP contribution is -2.19. The van der Waals surface area contributed by atoms with E-state index in [9.17, 15) is 4.79 Å². The first-order valence-electron chi connectivity index (χ1n) is 5.03. The van der Waals surface area contributed by atoms with Crippen molar-refractivity contribution in [3.8, 4) is 5.88 Å². The summed E-state index contributed by atoms with van der Waals surface area (Å²) in [5, 5.41) is 2.64. The normalized spacial score (nSPS) is 10.2. The second-order valence-electron chi connectivity index (χ2n) is 3.21. The molecule has 6 heteroatoms. The van der Waals surface area contributed by atoms with E-state index in [1.54, 1.807) is 24.1 Å². The Morgan fingerprint density at radius 1 is 1.69 bits per heavy atom. The molecule has 0 aliphatic carbocycles. The summed E-state index contributed by atoms with van der Waals surface area (Å²) < 4.78 is 5.03. The summed E-state index contributed by atoms with van der Waals surface area (Å²) in [5.41, 5.74) is 0. The Balaban J connectivity index is 2.53. The minimum absolute atomic E-state index is 0.247. The number of nitrogens with zero attached hydrogens (tertiary/aromatic N) is 2. The lowest BCUT2D eigenvalue weighted by atomic mass is 10.5. The SMILES string of the molecule is CCC(=O)Oc1csc(N(C)CCSC)n1. The Bertz CT molecular complexity index is 341. The maximum atomic E-state index is 11.1. The van der Waals surface area contributed by atoms with Crippen LogP contribution >= 0.6 is 23.1 Å². The third-order valence-corrected chi connectivity index (χ3v) is 3.46. The highest BCUT2D eigenvalue weighted by Gasteiger charge is 2.09. The first-order valence-corrected chi connectivity index (χ1v) is 7.31. The summed E-state index contributed by atoms with van der Waals surface area (Å²) in [6.07, 6.45) is 2.44. The highest BCUT2D eigenvalue weighted by Crippen LogP contribution is 2.24. The number of aromatic nitrogens is 1. The van der Waals surface area contributed by atoms with Crippen LogP contribution in [0.25, 0.3) is 0 Å². The largest absolute Gasteiger partial charge is 0.406 e. The zero-order chi connectivity index (χ0) is 12.0. The molecule has 0 aliphatic rings. The van der Waals surface area contributed by atoms with Crippen LogP contribution in [0.3, 0.4) is 0 Å². The molecule has 0 N–H and O–H groups in total. The smallest absolute Gasteiger partial charge is 0.312 e. The molecule has 0 aliphatic heterocycles. The van der Waals surface area contributed by atoms with Gasteiger partial charge in [0.2, 0.25) is 5.88 Å². The first-order chi connectivity index (χ1) is 7.67. The van der Waals surface area contributed by atoms with Crippen LogP contribution < -0.4 is 9.64 Å². The summed E-state index contributed by atoms with van der Waals surface area (Å²) in [7, 11) is 1.99. The van der Waals surface area contributed by atoms with Gasteiger partial charge in [-0.15, -0.1) is 11.3 Å². The van der Waals surface area contributed by atoms with Crippen LogP contribution in [0, 0.1) is 0 Å². The molecule has 1 heterocycles. The van der Waals surface area contributed by atoms with E-state index < -0.39 is 0 Å². The van der Waals surface area contributed by atoms with E-state index in [0.29, 0.717) is 12.3 Å². The van der Waals surface area contributed by atoms with E-state index >= 15 is 0 Å². The molecule has 0 fully saturated rings. The molecule has 90 valence electrons. The van der Waals surface area contributed by atoms with Gasteiger partial charge in [-0.05, 0) is 6.26 Å². The van der Waals surface area contributed by atoms with Crippen molar-refractivity contribution in [1.29, 1.82) is 0 Å². The van der Waals surface area contributed by atoms with E-state index in [-0.39, 0.29) is 5.97 Å². The lowest BCUT2D eigenvalue weighted by Gasteiger charge is -2.13. The van der Waals surface area contributed by atoms with Crippen molar-refractivity contribution < 1.29 is 9.53 Å². The number of esters is 1. The maximum absolute atomic E-state index is 11.1.